The van der Waals surface area contributed by atoms with Gasteiger partial charge in [-0.3, -0.25) is 0 Å². The first-order chi connectivity index (χ1) is 8.16. The molecule has 2 heteroatoms. The summed E-state index contributed by atoms with van der Waals surface area (Å²) in [5.74, 6) is 0. The van der Waals surface area contributed by atoms with Gasteiger partial charge in [0.25, 0.3) is 0 Å². The lowest BCUT2D eigenvalue weighted by atomic mass is 9.97. The van der Waals surface area contributed by atoms with Crippen molar-refractivity contribution in [2.45, 2.75) is 19.4 Å². The Bertz CT molecular complexity index is 491. The van der Waals surface area contributed by atoms with Crippen LogP contribution >= 0.6 is 11.6 Å². The third kappa shape index (κ3) is 3.09. The SMILES string of the molecule is Cc1ccccc1CC(N)c1ccc(Cl)cc1. The number of aryl methyl sites for hydroxylation is 1. The molecule has 2 aromatic carbocycles. The first kappa shape index (κ1) is 12.2. The van der Waals surface area contributed by atoms with Crippen molar-refractivity contribution in [1.82, 2.24) is 0 Å². The summed E-state index contributed by atoms with van der Waals surface area (Å²) in [7, 11) is 0. The van der Waals surface area contributed by atoms with E-state index in [2.05, 4.69) is 25.1 Å². The monoisotopic (exact) mass is 245 g/mol. The van der Waals surface area contributed by atoms with Crippen molar-refractivity contribution in [2.75, 3.05) is 0 Å². The van der Waals surface area contributed by atoms with Crippen LogP contribution in [0.3, 0.4) is 0 Å². The number of rotatable bonds is 3. The van der Waals surface area contributed by atoms with E-state index in [1.54, 1.807) is 0 Å². The molecule has 1 nitrogen and oxygen atoms in total. The summed E-state index contributed by atoms with van der Waals surface area (Å²) in [4.78, 5) is 0. The normalized spacial score (nSPS) is 12.4. The van der Waals surface area contributed by atoms with Crippen LogP contribution in [0.4, 0.5) is 0 Å². The third-order valence-corrected chi connectivity index (χ3v) is 3.25. The first-order valence-electron chi connectivity index (χ1n) is 5.72. The molecule has 1 atom stereocenters. The molecule has 2 aromatic rings. The highest BCUT2D eigenvalue weighted by Crippen LogP contribution is 2.20. The second-order valence-electron chi connectivity index (χ2n) is 4.29. The molecule has 0 spiro atoms. The third-order valence-electron chi connectivity index (χ3n) is 3.00. The Morgan fingerprint density at radius 2 is 1.71 bits per heavy atom. The molecule has 17 heavy (non-hydrogen) atoms. The lowest BCUT2D eigenvalue weighted by Gasteiger charge is -2.13. The fourth-order valence-electron chi connectivity index (χ4n) is 1.90. The zero-order valence-electron chi connectivity index (χ0n) is 9.86. The van der Waals surface area contributed by atoms with Crippen LogP contribution in [0.1, 0.15) is 22.7 Å². The Morgan fingerprint density at radius 1 is 1.06 bits per heavy atom. The first-order valence-corrected chi connectivity index (χ1v) is 6.10. The summed E-state index contributed by atoms with van der Waals surface area (Å²) in [5.41, 5.74) is 9.92. The van der Waals surface area contributed by atoms with Crippen LogP contribution < -0.4 is 5.73 Å². The maximum atomic E-state index is 6.20. The Labute approximate surface area is 107 Å². The van der Waals surface area contributed by atoms with E-state index in [1.807, 2.05) is 30.3 Å². The lowest BCUT2D eigenvalue weighted by Crippen LogP contribution is -2.13. The standard InChI is InChI=1S/C15H16ClN/c1-11-4-2-3-5-13(11)10-15(17)12-6-8-14(16)9-7-12/h2-9,15H,10,17H2,1H3. The van der Waals surface area contributed by atoms with Crippen LogP contribution in [-0.2, 0) is 6.42 Å². The molecule has 0 aromatic heterocycles. The molecule has 88 valence electrons. The van der Waals surface area contributed by atoms with Crippen molar-refractivity contribution < 1.29 is 0 Å². The van der Waals surface area contributed by atoms with E-state index in [9.17, 15) is 0 Å². The molecule has 0 radical (unpaired) electrons. The average molecular weight is 246 g/mol. The van der Waals surface area contributed by atoms with E-state index >= 15 is 0 Å². The molecule has 2 rings (SSSR count). The molecule has 0 amide bonds. The van der Waals surface area contributed by atoms with Crippen LogP contribution in [0.2, 0.25) is 5.02 Å². The maximum absolute atomic E-state index is 6.20. The van der Waals surface area contributed by atoms with Gasteiger partial charge in [-0.2, -0.15) is 0 Å². The van der Waals surface area contributed by atoms with Crippen LogP contribution in [-0.4, -0.2) is 0 Å². The van der Waals surface area contributed by atoms with E-state index in [0.717, 1.165) is 17.0 Å². The molecule has 1 unspecified atom stereocenters. The minimum Gasteiger partial charge on any atom is -0.324 e. The maximum Gasteiger partial charge on any atom is 0.0406 e. The molecule has 0 saturated carbocycles. The van der Waals surface area contributed by atoms with E-state index in [-0.39, 0.29) is 6.04 Å². The van der Waals surface area contributed by atoms with Gasteiger partial charge in [-0.25, -0.2) is 0 Å². The van der Waals surface area contributed by atoms with Gasteiger partial charge in [0.1, 0.15) is 0 Å². The number of nitrogens with two attached hydrogens (primary N) is 1. The molecule has 0 fully saturated rings. The zero-order chi connectivity index (χ0) is 12.3. The van der Waals surface area contributed by atoms with Crippen LogP contribution in [0.25, 0.3) is 0 Å². The summed E-state index contributed by atoms with van der Waals surface area (Å²) in [6.45, 7) is 2.11. The van der Waals surface area contributed by atoms with Crippen LogP contribution in [0, 0.1) is 6.92 Å². The minimum atomic E-state index is 0.0216. The topological polar surface area (TPSA) is 26.0 Å². The highest BCUT2D eigenvalue weighted by Gasteiger charge is 2.08. The van der Waals surface area contributed by atoms with Gasteiger partial charge in [-0.15, -0.1) is 0 Å². The molecule has 0 aliphatic heterocycles. The molecule has 0 heterocycles. The largest absolute Gasteiger partial charge is 0.324 e. The number of halogens is 1. The molecule has 0 saturated heterocycles. The summed E-state index contributed by atoms with van der Waals surface area (Å²) in [5, 5.41) is 0.747. The van der Waals surface area contributed by atoms with Crippen molar-refractivity contribution in [1.29, 1.82) is 0 Å². The van der Waals surface area contributed by atoms with E-state index in [0.29, 0.717) is 0 Å². The summed E-state index contributed by atoms with van der Waals surface area (Å²) < 4.78 is 0. The van der Waals surface area contributed by atoms with Gasteiger partial charge in [0.2, 0.25) is 0 Å². The quantitative estimate of drug-likeness (QED) is 0.872. The summed E-state index contributed by atoms with van der Waals surface area (Å²) in [6, 6.07) is 16.1. The Hall–Kier alpha value is -1.31. The smallest absolute Gasteiger partial charge is 0.0406 e. The number of hydrogen-bond donors (Lipinski definition) is 1. The van der Waals surface area contributed by atoms with Crippen molar-refractivity contribution in [2.24, 2.45) is 5.73 Å². The summed E-state index contributed by atoms with van der Waals surface area (Å²) in [6.07, 6.45) is 0.855. The van der Waals surface area contributed by atoms with E-state index in [4.69, 9.17) is 17.3 Å². The zero-order valence-corrected chi connectivity index (χ0v) is 10.6. The van der Waals surface area contributed by atoms with Crippen molar-refractivity contribution in [3.8, 4) is 0 Å². The minimum absolute atomic E-state index is 0.0216. The predicted molar refractivity (Wildman–Crippen MR) is 73.3 cm³/mol. The van der Waals surface area contributed by atoms with Gasteiger partial charge in [-0.05, 0) is 42.2 Å². The molecular weight excluding hydrogens is 230 g/mol. The fourth-order valence-corrected chi connectivity index (χ4v) is 2.03. The average Bonchev–Trinajstić information content (AvgIpc) is 2.33. The highest BCUT2D eigenvalue weighted by atomic mass is 35.5. The van der Waals surface area contributed by atoms with Gasteiger partial charge in [0.15, 0.2) is 0 Å². The fraction of sp³-hybridized carbons (Fsp3) is 0.200. The van der Waals surface area contributed by atoms with Crippen molar-refractivity contribution in [3.63, 3.8) is 0 Å². The Kier molecular flexibility index (Phi) is 3.82. The van der Waals surface area contributed by atoms with Crippen molar-refractivity contribution in [3.05, 3.63) is 70.2 Å². The Balaban J connectivity index is 2.14. The van der Waals surface area contributed by atoms with Crippen molar-refractivity contribution >= 4 is 11.6 Å². The predicted octanol–water partition coefficient (Wildman–Crippen LogP) is 3.89. The number of benzene rings is 2. The van der Waals surface area contributed by atoms with Crippen LogP contribution in [0.5, 0.6) is 0 Å². The molecule has 0 aliphatic rings. The molecular formula is C15H16ClN. The van der Waals surface area contributed by atoms with Gasteiger partial charge >= 0.3 is 0 Å². The van der Waals surface area contributed by atoms with Gasteiger partial charge in [0.05, 0.1) is 0 Å². The molecule has 0 aliphatic carbocycles. The molecule has 0 bridgehead atoms. The number of hydrogen-bond acceptors (Lipinski definition) is 1. The van der Waals surface area contributed by atoms with Gasteiger partial charge in [0, 0.05) is 11.1 Å². The van der Waals surface area contributed by atoms with Gasteiger partial charge in [-0.1, -0.05) is 48.0 Å². The highest BCUT2D eigenvalue weighted by molar-refractivity contribution is 6.30. The lowest BCUT2D eigenvalue weighted by molar-refractivity contribution is 0.719. The van der Waals surface area contributed by atoms with E-state index in [1.165, 1.54) is 11.1 Å². The molecule has 2 N–H and O–H groups in total. The second-order valence-corrected chi connectivity index (χ2v) is 4.73. The van der Waals surface area contributed by atoms with Crippen LogP contribution in [0.15, 0.2) is 48.5 Å². The Morgan fingerprint density at radius 3 is 2.35 bits per heavy atom. The second kappa shape index (κ2) is 5.35. The summed E-state index contributed by atoms with van der Waals surface area (Å²) >= 11 is 5.86. The van der Waals surface area contributed by atoms with Gasteiger partial charge < -0.3 is 5.73 Å². The van der Waals surface area contributed by atoms with E-state index < -0.39 is 0 Å².